The molecule has 0 bridgehead atoms. The van der Waals surface area contributed by atoms with Crippen molar-refractivity contribution in [3.05, 3.63) is 34.7 Å². The predicted octanol–water partition coefficient (Wildman–Crippen LogP) is 2.61. The van der Waals surface area contributed by atoms with Gasteiger partial charge in [0.05, 0.1) is 0 Å². The molecule has 0 amide bonds. The lowest BCUT2D eigenvalue weighted by molar-refractivity contribution is 0.128. The van der Waals surface area contributed by atoms with Gasteiger partial charge in [-0.2, -0.15) is 0 Å². The van der Waals surface area contributed by atoms with Gasteiger partial charge in [0, 0.05) is 23.3 Å². The quantitative estimate of drug-likeness (QED) is 0.467. The van der Waals surface area contributed by atoms with E-state index in [9.17, 15) is 0 Å². The van der Waals surface area contributed by atoms with Crippen LogP contribution < -0.4 is 11.3 Å². The molecule has 0 saturated carbocycles. The van der Waals surface area contributed by atoms with Crippen LogP contribution in [-0.2, 0) is 11.3 Å². The highest BCUT2D eigenvalue weighted by Crippen LogP contribution is 2.26. The maximum absolute atomic E-state index is 5.42. The van der Waals surface area contributed by atoms with Crippen LogP contribution >= 0.6 is 27.7 Å². The van der Waals surface area contributed by atoms with Gasteiger partial charge in [-0.25, -0.2) is 20.8 Å². The summed E-state index contributed by atoms with van der Waals surface area (Å²) in [6.07, 6.45) is 1.74. The summed E-state index contributed by atoms with van der Waals surface area (Å²) in [6, 6.07) is 5.61. The van der Waals surface area contributed by atoms with Crippen LogP contribution in [0.2, 0.25) is 0 Å². The molecule has 0 spiro atoms. The second-order valence-corrected chi connectivity index (χ2v) is 5.66. The molecular weight excluding hydrogens is 342 g/mol. The summed E-state index contributed by atoms with van der Waals surface area (Å²) in [4.78, 5) is 12.9. The smallest absolute Gasteiger partial charge is 0.157 e. The number of nitrogens with zero attached hydrogens (tertiary/aromatic N) is 3. The Bertz CT molecular complexity index is 566. The molecule has 0 aromatic carbocycles. The van der Waals surface area contributed by atoms with Crippen molar-refractivity contribution in [3.63, 3.8) is 0 Å². The van der Waals surface area contributed by atoms with Crippen molar-refractivity contribution in [1.82, 2.24) is 15.0 Å². The largest absolute Gasteiger partial charge is 0.374 e. The summed E-state index contributed by atoms with van der Waals surface area (Å²) < 4.78 is 6.25. The van der Waals surface area contributed by atoms with Crippen LogP contribution in [-0.4, -0.2) is 21.6 Å². The number of nitrogens with two attached hydrogens (primary N) is 1. The standard InChI is InChI=1S/C12H14BrN5OS/c1-2-19-7-10-16-9(18-14)5-12(17-10)20-11-4-3-8(13)6-15-11/h3-6H,2,7,14H2,1H3,(H,16,17,18). The number of anilines is 1. The highest BCUT2D eigenvalue weighted by atomic mass is 79.9. The minimum absolute atomic E-state index is 0.355. The number of hydrogen-bond acceptors (Lipinski definition) is 7. The third-order valence-electron chi connectivity index (χ3n) is 2.24. The van der Waals surface area contributed by atoms with Gasteiger partial charge in [0.15, 0.2) is 5.82 Å². The lowest BCUT2D eigenvalue weighted by Gasteiger charge is -2.07. The van der Waals surface area contributed by atoms with E-state index in [0.29, 0.717) is 24.9 Å². The van der Waals surface area contributed by atoms with Crippen molar-refractivity contribution < 1.29 is 4.74 Å². The molecule has 2 aromatic rings. The minimum Gasteiger partial charge on any atom is -0.374 e. The van der Waals surface area contributed by atoms with Crippen LogP contribution in [0.1, 0.15) is 12.7 Å². The van der Waals surface area contributed by atoms with E-state index in [-0.39, 0.29) is 0 Å². The van der Waals surface area contributed by atoms with Gasteiger partial charge in [-0.1, -0.05) is 0 Å². The number of aromatic nitrogens is 3. The van der Waals surface area contributed by atoms with E-state index < -0.39 is 0 Å². The zero-order valence-corrected chi connectivity index (χ0v) is 13.2. The van der Waals surface area contributed by atoms with Crippen molar-refractivity contribution in [2.24, 2.45) is 5.84 Å². The van der Waals surface area contributed by atoms with Crippen LogP contribution in [0.25, 0.3) is 0 Å². The lowest BCUT2D eigenvalue weighted by Crippen LogP contribution is -2.11. The summed E-state index contributed by atoms with van der Waals surface area (Å²) in [5.41, 5.74) is 2.53. The van der Waals surface area contributed by atoms with Crippen LogP contribution in [0.4, 0.5) is 5.82 Å². The first-order valence-electron chi connectivity index (χ1n) is 5.93. The second kappa shape index (κ2) is 7.53. The third kappa shape index (κ3) is 4.41. The molecule has 2 rings (SSSR count). The number of ether oxygens (including phenoxy) is 1. The summed E-state index contributed by atoms with van der Waals surface area (Å²) in [7, 11) is 0. The Morgan fingerprint density at radius 1 is 1.35 bits per heavy atom. The van der Waals surface area contributed by atoms with Gasteiger partial charge in [-0.05, 0) is 46.7 Å². The molecule has 0 fully saturated rings. The Balaban J connectivity index is 2.19. The molecule has 0 aliphatic rings. The first-order valence-corrected chi connectivity index (χ1v) is 7.54. The maximum Gasteiger partial charge on any atom is 0.157 e. The number of halogens is 1. The van der Waals surface area contributed by atoms with Crippen LogP contribution in [0.15, 0.2) is 38.9 Å². The highest BCUT2D eigenvalue weighted by Gasteiger charge is 2.07. The molecule has 0 aliphatic heterocycles. The van der Waals surface area contributed by atoms with E-state index in [1.54, 1.807) is 12.3 Å². The van der Waals surface area contributed by atoms with Gasteiger partial charge in [0.2, 0.25) is 0 Å². The van der Waals surface area contributed by atoms with Crippen molar-refractivity contribution in [1.29, 1.82) is 0 Å². The monoisotopic (exact) mass is 355 g/mol. The molecule has 0 saturated heterocycles. The molecule has 20 heavy (non-hydrogen) atoms. The molecule has 2 heterocycles. The van der Waals surface area contributed by atoms with Gasteiger partial charge in [-0.3, -0.25) is 0 Å². The molecule has 106 valence electrons. The number of hydrogen-bond donors (Lipinski definition) is 2. The molecule has 0 radical (unpaired) electrons. The Kier molecular flexibility index (Phi) is 5.72. The fraction of sp³-hybridized carbons (Fsp3) is 0.250. The molecule has 2 aromatic heterocycles. The SMILES string of the molecule is CCOCc1nc(NN)cc(Sc2ccc(Br)cn2)n1. The minimum atomic E-state index is 0.355. The molecule has 6 nitrogen and oxygen atoms in total. The number of hydrazine groups is 1. The van der Waals surface area contributed by atoms with Crippen LogP contribution in [0, 0.1) is 0 Å². The average Bonchev–Trinajstić information content (AvgIpc) is 2.47. The number of rotatable bonds is 6. The molecule has 0 unspecified atom stereocenters. The topological polar surface area (TPSA) is 86.0 Å². The van der Waals surface area contributed by atoms with E-state index in [4.69, 9.17) is 10.6 Å². The maximum atomic E-state index is 5.42. The number of pyridine rings is 1. The van der Waals surface area contributed by atoms with Gasteiger partial charge < -0.3 is 10.2 Å². The number of nitrogen functional groups attached to an aromatic ring is 1. The van der Waals surface area contributed by atoms with E-state index >= 15 is 0 Å². The van der Waals surface area contributed by atoms with Crippen LogP contribution in [0.5, 0.6) is 0 Å². The molecule has 0 aliphatic carbocycles. The Morgan fingerprint density at radius 2 is 2.20 bits per heavy atom. The molecule has 3 N–H and O–H groups in total. The second-order valence-electron chi connectivity index (χ2n) is 3.71. The third-order valence-corrected chi connectivity index (χ3v) is 3.58. The van der Waals surface area contributed by atoms with Crippen molar-refractivity contribution in [2.75, 3.05) is 12.0 Å². The van der Waals surface area contributed by atoms with Gasteiger partial charge in [0.1, 0.15) is 22.5 Å². The average molecular weight is 356 g/mol. The Hall–Kier alpha value is -1.22. The summed E-state index contributed by atoms with van der Waals surface area (Å²) >= 11 is 4.79. The van der Waals surface area contributed by atoms with E-state index in [1.807, 2.05) is 19.1 Å². The molecule has 0 atom stereocenters. The van der Waals surface area contributed by atoms with Gasteiger partial charge in [-0.15, -0.1) is 0 Å². The fourth-order valence-corrected chi connectivity index (χ4v) is 2.40. The summed E-state index contributed by atoms with van der Waals surface area (Å²) in [6.45, 7) is 2.89. The van der Waals surface area contributed by atoms with Gasteiger partial charge in [0.25, 0.3) is 0 Å². The Morgan fingerprint density at radius 3 is 2.85 bits per heavy atom. The van der Waals surface area contributed by atoms with Crippen molar-refractivity contribution in [2.45, 2.75) is 23.6 Å². The first kappa shape index (κ1) is 15.2. The zero-order chi connectivity index (χ0) is 14.4. The molecular formula is C12H14BrN5OS. The predicted molar refractivity (Wildman–Crippen MR) is 81.2 cm³/mol. The molecule has 8 heteroatoms. The van der Waals surface area contributed by atoms with E-state index in [0.717, 1.165) is 14.5 Å². The number of nitrogens with one attached hydrogen (secondary N) is 1. The zero-order valence-electron chi connectivity index (χ0n) is 10.8. The van der Waals surface area contributed by atoms with Gasteiger partial charge >= 0.3 is 0 Å². The first-order chi connectivity index (χ1) is 9.71. The fourth-order valence-electron chi connectivity index (χ4n) is 1.39. The normalized spacial score (nSPS) is 10.6. The summed E-state index contributed by atoms with van der Waals surface area (Å²) in [5.74, 6) is 6.55. The van der Waals surface area contributed by atoms with Crippen LogP contribution in [0.3, 0.4) is 0 Å². The van der Waals surface area contributed by atoms with E-state index in [1.165, 1.54) is 11.8 Å². The lowest BCUT2D eigenvalue weighted by atomic mass is 10.5. The van der Waals surface area contributed by atoms with Crippen molar-refractivity contribution in [3.8, 4) is 0 Å². The van der Waals surface area contributed by atoms with E-state index in [2.05, 4.69) is 36.3 Å². The summed E-state index contributed by atoms with van der Waals surface area (Å²) in [5, 5.41) is 1.61. The Labute approximate surface area is 129 Å². The van der Waals surface area contributed by atoms with Crippen molar-refractivity contribution >= 4 is 33.5 Å². The highest BCUT2D eigenvalue weighted by molar-refractivity contribution is 9.10.